The molecule has 2 aromatic rings. The molecule has 2 rings (SSSR count). The Morgan fingerprint density at radius 2 is 2.31 bits per heavy atom. The van der Waals surface area contributed by atoms with Crippen LogP contribution in [-0.4, -0.2) is 4.98 Å². The molecule has 0 unspecified atom stereocenters. The van der Waals surface area contributed by atoms with Gasteiger partial charge in [-0.05, 0) is 24.6 Å². The van der Waals surface area contributed by atoms with Gasteiger partial charge in [0.05, 0.1) is 23.1 Å². The number of nitrogens with zero attached hydrogens (tertiary/aromatic N) is 2. The second kappa shape index (κ2) is 4.65. The average molecular weight is 249 g/mol. The van der Waals surface area contributed by atoms with Crippen LogP contribution in [0.3, 0.4) is 0 Å². The first-order valence-corrected chi connectivity index (χ1v) is 5.99. The lowest BCUT2D eigenvalue weighted by molar-refractivity contribution is 1.14. The molecule has 1 aromatic carbocycles. The van der Waals surface area contributed by atoms with Gasteiger partial charge in [0.1, 0.15) is 5.01 Å². The highest BCUT2D eigenvalue weighted by Gasteiger charge is 2.09. The van der Waals surface area contributed by atoms with E-state index in [1.54, 1.807) is 11.3 Å². The van der Waals surface area contributed by atoms with E-state index in [9.17, 15) is 0 Å². The Hall–Kier alpha value is -1.37. The third-order valence-electron chi connectivity index (χ3n) is 2.16. The van der Waals surface area contributed by atoms with E-state index in [2.05, 4.69) is 11.1 Å². The van der Waals surface area contributed by atoms with E-state index in [0.29, 0.717) is 11.4 Å². The van der Waals surface area contributed by atoms with Gasteiger partial charge in [0.15, 0.2) is 0 Å². The zero-order valence-corrected chi connectivity index (χ0v) is 10.3. The van der Waals surface area contributed by atoms with Crippen molar-refractivity contribution in [2.45, 2.75) is 13.3 Å². The van der Waals surface area contributed by atoms with E-state index < -0.39 is 0 Å². The second-order valence-electron chi connectivity index (χ2n) is 3.37. The molecule has 0 bridgehead atoms. The quantitative estimate of drug-likeness (QED) is 0.810. The van der Waals surface area contributed by atoms with E-state index in [-0.39, 0.29) is 0 Å². The van der Waals surface area contributed by atoms with Gasteiger partial charge >= 0.3 is 0 Å². The molecule has 0 atom stereocenters. The lowest BCUT2D eigenvalue weighted by Gasteiger charge is -1.98. The summed E-state index contributed by atoms with van der Waals surface area (Å²) < 4.78 is 0. The Morgan fingerprint density at radius 3 is 3.00 bits per heavy atom. The molecule has 0 N–H and O–H groups in total. The summed E-state index contributed by atoms with van der Waals surface area (Å²) in [7, 11) is 0. The van der Waals surface area contributed by atoms with E-state index in [1.807, 2.05) is 31.2 Å². The van der Waals surface area contributed by atoms with Crippen molar-refractivity contribution in [2.75, 3.05) is 0 Å². The molecular formula is C12H9ClN2S. The number of rotatable bonds is 2. The first kappa shape index (κ1) is 11.1. The molecule has 0 aliphatic carbocycles. The van der Waals surface area contributed by atoms with Crippen molar-refractivity contribution < 1.29 is 0 Å². The molecule has 0 aliphatic heterocycles. The van der Waals surface area contributed by atoms with E-state index in [4.69, 9.17) is 16.9 Å². The number of aryl methyl sites for hydroxylation is 1. The summed E-state index contributed by atoms with van der Waals surface area (Å²) in [6.07, 6.45) is 0.367. The van der Waals surface area contributed by atoms with Crippen LogP contribution in [0.2, 0.25) is 5.02 Å². The SMILES string of the molecule is Cc1nc(CC#N)sc1-c1cccc(Cl)c1. The summed E-state index contributed by atoms with van der Waals surface area (Å²) in [5.74, 6) is 0. The molecule has 0 saturated heterocycles. The molecule has 0 spiro atoms. The van der Waals surface area contributed by atoms with Gasteiger partial charge < -0.3 is 0 Å². The summed E-state index contributed by atoms with van der Waals surface area (Å²) in [4.78, 5) is 5.45. The van der Waals surface area contributed by atoms with Gasteiger partial charge in [-0.15, -0.1) is 11.3 Å². The van der Waals surface area contributed by atoms with Crippen LogP contribution >= 0.6 is 22.9 Å². The van der Waals surface area contributed by atoms with Crippen molar-refractivity contribution >= 4 is 22.9 Å². The number of hydrogen-bond acceptors (Lipinski definition) is 3. The van der Waals surface area contributed by atoms with Crippen molar-refractivity contribution in [3.63, 3.8) is 0 Å². The van der Waals surface area contributed by atoms with E-state index >= 15 is 0 Å². The number of halogens is 1. The monoisotopic (exact) mass is 248 g/mol. The highest BCUT2D eigenvalue weighted by molar-refractivity contribution is 7.15. The maximum absolute atomic E-state index is 8.63. The second-order valence-corrected chi connectivity index (χ2v) is 4.89. The predicted octanol–water partition coefficient (Wildman–Crippen LogP) is 3.84. The summed E-state index contributed by atoms with van der Waals surface area (Å²) >= 11 is 7.50. The third kappa shape index (κ3) is 2.24. The number of hydrogen-bond donors (Lipinski definition) is 0. The van der Waals surface area contributed by atoms with Crippen LogP contribution in [0.4, 0.5) is 0 Å². The predicted molar refractivity (Wildman–Crippen MR) is 66.6 cm³/mol. The molecule has 16 heavy (non-hydrogen) atoms. The number of nitriles is 1. The van der Waals surface area contributed by atoms with Crippen molar-refractivity contribution in [1.29, 1.82) is 5.26 Å². The summed E-state index contributed by atoms with van der Waals surface area (Å²) in [5.41, 5.74) is 2.02. The Kier molecular flexibility index (Phi) is 3.23. The Morgan fingerprint density at radius 1 is 1.50 bits per heavy atom. The van der Waals surface area contributed by atoms with Crippen LogP contribution in [0.15, 0.2) is 24.3 Å². The molecule has 0 saturated carbocycles. The maximum Gasteiger partial charge on any atom is 0.108 e. The normalized spacial score (nSPS) is 10.1. The lowest BCUT2D eigenvalue weighted by atomic mass is 10.2. The largest absolute Gasteiger partial charge is 0.245 e. The molecule has 0 aliphatic rings. The summed E-state index contributed by atoms with van der Waals surface area (Å²) in [5, 5.41) is 10.2. The number of benzene rings is 1. The first-order valence-electron chi connectivity index (χ1n) is 4.80. The number of thiazole rings is 1. The fraction of sp³-hybridized carbons (Fsp3) is 0.167. The minimum Gasteiger partial charge on any atom is -0.245 e. The topological polar surface area (TPSA) is 36.7 Å². The van der Waals surface area contributed by atoms with Crippen LogP contribution in [0, 0.1) is 18.3 Å². The summed E-state index contributed by atoms with van der Waals surface area (Å²) in [6.45, 7) is 1.95. The minimum absolute atomic E-state index is 0.367. The molecule has 1 aromatic heterocycles. The minimum atomic E-state index is 0.367. The van der Waals surface area contributed by atoms with Gasteiger partial charge in [-0.1, -0.05) is 23.7 Å². The first-order chi connectivity index (χ1) is 7.70. The molecule has 80 valence electrons. The average Bonchev–Trinajstić information content (AvgIpc) is 2.60. The Bertz CT molecular complexity index is 554. The highest BCUT2D eigenvalue weighted by Crippen LogP contribution is 2.31. The van der Waals surface area contributed by atoms with Gasteiger partial charge in [-0.3, -0.25) is 0 Å². The molecule has 0 radical (unpaired) electrons. The molecule has 0 amide bonds. The van der Waals surface area contributed by atoms with E-state index in [0.717, 1.165) is 21.1 Å². The zero-order valence-electron chi connectivity index (χ0n) is 8.70. The van der Waals surface area contributed by atoms with Gasteiger partial charge in [-0.2, -0.15) is 5.26 Å². The standard InChI is InChI=1S/C12H9ClN2S/c1-8-12(16-11(15-8)5-6-14)9-3-2-4-10(13)7-9/h2-4,7H,5H2,1H3. The van der Waals surface area contributed by atoms with Crippen molar-refractivity contribution in [3.8, 4) is 16.5 Å². The van der Waals surface area contributed by atoms with Crippen LogP contribution in [0.5, 0.6) is 0 Å². The number of aromatic nitrogens is 1. The zero-order chi connectivity index (χ0) is 11.5. The van der Waals surface area contributed by atoms with Crippen LogP contribution in [0.1, 0.15) is 10.7 Å². The van der Waals surface area contributed by atoms with Gasteiger partial charge in [0.2, 0.25) is 0 Å². The fourth-order valence-corrected chi connectivity index (χ4v) is 2.68. The molecule has 1 heterocycles. The highest BCUT2D eigenvalue weighted by atomic mass is 35.5. The van der Waals surface area contributed by atoms with Crippen LogP contribution in [0.25, 0.3) is 10.4 Å². The smallest absolute Gasteiger partial charge is 0.108 e. The van der Waals surface area contributed by atoms with Crippen molar-refractivity contribution in [1.82, 2.24) is 4.98 Å². The van der Waals surface area contributed by atoms with Gasteiger partial charge in [0, 0.05) is 5.02 Å². The van der Waals surface area contributed by atoms with Crippen LogP contribution in [-0.2, 0) is 6.42 Å². The lowest BCUT2D eigenvalue weighted by Crippen LogP contribution is -1.79. The van der Waals surface area contributed by atoms with Crippen molar-refractivity contribution in [2.24, 2.45) is 0 Å². The van der Waals surface area contributed by atoms with Crippen LogP contribution < -0.4 is 0 Å². The molecular weight excluding hydrogens is 240 g/mol. The molecule has 0 fully saturated rings. The summed E-state index contributed by atoms with van der Waals surface area (Å²) in [6, 6.07) is 9.79. The van der Waals surface area contributed by atoms with E-state index in [1.165, 1.54) is 0 Å². The van der Waals surface area contributed by atoms with Gasteiger partial charge in [0.25, 0.3) is 0 Å². The molecule has 4 heteroatoms. The Labute approximate surface area is 103 Å². The molecule has 2 nitrogen and oxygen atoms in total. The van der Waals surface area contributed by atoms with Gasteiger partial charge in [-0.25, -0.2) is 4.98 Å². The van der Waals surface area contributed by atoms with Crippen molar-refractivity contribution in [3.05, 3.63) is 40.0 Å². The Balaban J connectivity index is 2.44. The maximum atomic E-state index is 8.63. The third-order valence-corrected chi connectivity index (χ3v) is 3.60. The fourth-order valence-electron chi connectivity index (χ4n) is 1.49.